The van der Waals surface area contributed by atoms with Crippen LogP contribution in [0.1, 0.15) is 21.5 Å². The summed E-state index contributed by atoms with van der Waals surface area (Å²) in [6.45, 7) is 2.27. The Morgan fingerprint density at radius 2 is 1.84 bits per heavy atom. The first-order valence-corrected chi connectivity index (χ1v) is 11.5. The normalized spacial score (nSPS) is 12.5. The van der Waals surface area contributed by atoms with Crippen molar-refractivity contribution >= 4 is 17.2 Å². The van der Waals surface area contributed by atoms with Gasteiger partial charge in [-0.15, -0.1) is 11.3 Å². The minimum absolute atomic E-state index is 0.120. The van der Waals surface area contributed by atoms with Crippen LogP contribution in [-0.4, -0.2) is 35.4 Å². The third-order valence-electron chi connectivity index (χ3n) is 5.25. The molecule has 0 atom stereocenters. The third-order valence-corrected chi connectivity index (χ3v) is 6.13. The smallest absolute Gasteiger partial charge is 0.255 e. The van der Waals surface area contributed by atoms with E-state index in [0.29, 0.717) is 44.0 Å². The van der Waals surface area contributed by atoms with Crippen LogP contribution in [0.4, 0.5) is 0 Å². The van der Waals surface area contributed by atoms with Gasteiger partial charge in [-0.05, 0) is 41.1 Å². The Kier molecular flexibility index (Phi) is 5.89. The quantitative estimate of drug-likeness (QED) is 0.458. The van der Waals surface area contributed by atoms with Gasteiger partial charge in [-0.1, -0.05) is 42.5 Å². The predicted molar refractivity (Wildman–Crippen MR) is 125 cm³/mol. The van der Waals surface area contributed by atoms with E-state index in [1.165, 1.54) is 0 Å². The first kappa shape index (κ1) is 20.3. The van der Waals surface area contributed by atoms with Gasteiger partial charge >= 0.3 is 0 Å². The summed E-state index contributed by atoms with van der Waals surface area (Å²) < 4.78 is 13.1. The maximum Gasteiger partial charge on any atom is 0.255 e. The minimum Gasteiger partial charge on any atom is -0.486 e. The van der Waals surface area contributed by atoms with Crippen molar-refractivity contribution in [3.05, 3.63) is 88.9 Å². The number of benzene rings is 2. The molecule has 5 rings (SSSR count). The molecule has 32 heavy (non-hydrogen) atoms. The lowest BCUT2D eigenvalue weighted by molar-refractivity contribution is 0.0954. The van der Waals surface area contributed by atoms with Gasteiger partial charge in [0.25, 0.3) is 5.91 Å². The second-order valence-electron chi connectivity index (χ2n) is 7.54. The molecular formula is C25H23N3O3S. The summed E-state index contributed by atoms with van der Waals surface area (Å²) in [7, 11) is 0. The molecule has 0 saturated carbocycles. The van der Waals surface area contributed by atoms with Crippen molar-refractivity contribution < 1.29 is 14.3 Å². The standard InChI is InChI=1S/C25H23N3O3S/c29-25(26-11-10-18-8-9-21-22(15-18)31-13-12-30-21)20-17-28(16-19-5-2-1-3-6-19)27-24(20)23-7-4-14-32-23/h1-9,14-15,17H,10-13,16H2,(H,26,29). The Hall–Kier alpha value is -3.58. The summed E-state index contributed by atoms with van der Waals surface area (Å²) in [6.07, 6.45) is 2.54. The number of nitrogens with one attached hydrogen (secondary N) is 1. The Balaban J connectivity index is 1.29. The van der Waals surface area contributed by atoms with Crippen LogP contribution in [0.5, 0.6) is 11.5 Å². The van der Waals surface area contributed by atoms with Gasteiger partial charge in [-0.2, -0.15) is 5.10 Å². The first-order valence-electron chi connectivity index (χ1n) is 10.6. The molecule has 0 bridgehead atoms. The third kappa shape index (κ3) is 4.53. The fourth-order valence-electron chi connectivity index (χ4n) is 3.69. The molecule has 2 aromatic heterocycles. The Bertz CT molecular complexity index is 1200. The molecule has 6 nitrogen and oxygen atoms in total. The van der Waals surface area contributed by atoms with Gasteiger partial charge in [0.1, 0.15) is 18.9 Å². The average Bonchev–Trinajstić information content (AvgIpc) is 3.50. The average molecular weight is 446 g/mol. The molecule has 0 aliphatic carbocycles. The number of hydrogen-bond donors (Lipinski definition) is 1. The van der Waals surface area contributed by atoms with E-state index >= 15 is 0 Å². The molecule has 1 amide bonds. The highest BCUT2D eigenvalue weighted by molar-refractivity contribution is 7.13. The Morgan fingerprint density at radius 3 is 2.66 bits per heavy atom. The van der Waals surface area contributed by atoms with Crippen molar-refractivity contribution in [3.8, 4) is 22.1 Å². The summed E-state index contributed by atoms with van der Waals surface area (Å²) in [5.41, 5.74) is 3.53. The number of rotatable bonds is 7. The van der Waals surface area contributed by atoms with E-state index in [0.717, 1.165) is 27.5 Å². The molecule has 4 aromatic rings. The van der Waals surface area contributed by atoms with Gasteiger partial charge in [-0.3, -0.25) is 9.48 Å². The summed E-state index contributed by atoms with van der Waals surface area (Å²) in [6, 6.07) is 20.0. The molecule has 0 spiro atoms. The zero-order valence-electron chi connectivity index (χ0n) is 17.5. The van der Waals surface area contributed by atoms with Gasteiger partial charge in [0.2, 0.25) is 0 Å². The Labute approximate surface area is 190 Å². The van der Waals surface area contributed by atoms with E-state index in [1.54, 1.807) is 11.3 Å². The molecule has 2 aromatic carbocycles. The molecule has 0 fully saturated rings. The van der Waals surface area contributed by atoms with Gasteiger partial charge in [0.15, 0.2) is 11.5 Å². The Morgan fingerprint density at radius 1 is 1.00 bits per heavy atom. The number of carbonyl (C=O) groups excluding carboxylic acids is 1. The first-order chi connectivity index (χ1) is 15.8. The van der Waals surface area contributed by atoms with Crippen LogP contribution in [0.2, 0.25) is 0 Å². The summed E-state index contributed by atoms with van der Waals surface area (Å²) in [5, 5.41) is 9.76. The van der Waals surface area contributed by atoms with Gasteiger partial charge < -0.3 is 14.8 Å². The van der Waals surface area contributed by atoms with Crippen LogP contribution < -0.4 is 14.8 Å². The van der Waals surface area contributed by atoms with Crippen LogP contribution >= 0.6 is 11.3 Å². The minimum atomic E-state index is -0.120. The zero-order chi connectivity index (χ0) is 21.8. The highest BCUT2D eigenvalue weighted by Crippen LogP contribution is 2.31. The number of amides is 1. The van der Waals surface area contributed by atoms with E-state index < -0.39 is 0 Å². The van der Waals surface area contributed by atoms with Crippen molar-refractivity contribution in [1.29, 1.82) is 0 Å². The molecular weight excluding hydrogens is 422 g/mol. The highest BCUT2D eigenvalue weighted by Gasteiger charge is 2.19. The van der Waals surface area contributed by atoms with Crippen LogP contribution in [0.3, 0.4) is 0 Å². The number of carbonyl (C=O) groups is 1. The van der Waals surface area contributed by atoms with Crippen LogP contribution in [0.25, 0.3) is 10.6 Å². The highest BCUT2D eigenvalue weighted by atomic mass is 32.1. The number of ether oxygens (including phenoxy) is 2. The molecule has 1 N–H and O–H groups in total. The van der Waals surface area contributed by atoms with Crippen LogP contribution in [0, 0.1) is 0 Å². The second-order valence-corrected chi connectivity index (χ2v) is 8.48. The molecule has 3 heterocycles. The summed E-state index contributed by atoms with van der Waals surface area (Å²) in [4.78, 5) is 14.0. The summed E-state index contributed by atoms with van der Waals surface area (Å²) >= 11 is 1.58. The van der Waals surface area contributed by atoms with Crippen molar-refractivity contribution in [2.45, 2.75) is 13.0 Å². The van der Waals surface area contributed by atoms with E-state index in [1.807, 2.05) is 64.8 Å². The fourth-order valence-corrected chi connectivity index (χ4v) is 4.42. The lowest BCUT2D eigenvalue weighted by Crippen LogP contribution is -2.26. The number of hydrogen-bond acceptors (Lipinski definition) is 5. The number of aromatic nitrogens is 2. The largest absolute Gasteiger partial charge is 0.486 e. The molecule has 1 aliphatic rings. The monoisotopic (exact) mass is 445 g/mol. The number of fused-ring (bicyclic) bond motifs is 1. The van der Waals surface area contributed by atoms with Crippen LogP contribution in [0.15, 0.2) is 72.2 Å². The van der Waals surface area contributed by atoms with E-state index in [2.05, 4.69) is 17.4 Å². The summed E-state index contributed by atoms with van der Waals surface area (Å²) in [5.74, 6) is 1.42. The van der Waals surface area contributed by atoms with E-state index in [4.69, 9.17) is 14.6 Å². The fraction of sp³-hybridized carbons (Fsp3) is 0.200. The zero-order valence-corrected chi connectivity index (χ0v) is 18.3. The topological polar surface area (TPSA) is 65.4 Å². The molecule has 0 unspecified atom stereocenters. The van der Waals surface area contributed by atoms with E-state index in [-0.39, 0.29) is 5.91 Å². The molecule has 162 valence electrons. The van der Waals surface area contributed by atoms with Crippen LogP contribution in [-0.2, 0) is 13.0 Å². The predicted octanol–water partition coefficient (Wildman–Crippen LogP) is 4.40. The maximum absolute atomic E-state index is 13.0. The van der Waals surface area contributed by atoms with Crippen molar-refractivity contribution in [1.82, 2.24) is 15.1 Å². The van der Waals surface area contributed by atoms with Gasteiger partial charge in [-0.25, -0.2) is 0 Å². The van der Waals surface area contributed by atoms with Gasteiger partial charge in [0, 0.05) is 12.7 Å². The molecule has 7 heteroatoms. The van der Waals surface area contributed by atoms with Gasteiger partial charge in [0.05, 0.1) is 17.0 Å². The lowest BCUT2D eigenvalue weighted by Gasteiger charge is -2.18. The molecule has 0 radical (unpaired) electrons. The number of thiophene rings is 1. The van der Waals surface area contributed by atoms with Crippen molar-refractivity contribution in [2.24, 2.45) is 0 Å². The second kappa shape index (κ2) is 9.28. The SMILES string of the molecule is O=C(NCCc1ccc2c(c1)OCCO2)c1cn(Cc2ccccc2)nc1-c1cccs1. The molecule has 0 saturated heterocycles. The maximum atomic E-state index is 13.0. The van der Waals surface area contributed by atoms with E-state index in [9.17, 15) is 4.79 Å². The van der Waals surface area contributed by atoms with Crippen molar-refractivity contribution in [2.75, 3.05) is 19.8 Å². The number of nitrogens with zero attached hydrogens (tertiary/aromatic N) is 2. The molecule has 1 aliphatic heterocycles. The lowest BCUT2D eigenvalue weighted by atomic mass is 10.1. The van der Waals surface area contributed by atoms with Crippen molar-refractivity contribution in [3.63, 3.8) is 0 Å².